The van der Waals surface area contributed by atoms with Gasteiger partial charge in [-0.15, -0.1) is 11.3 Å². The first-order valence-corrected chi connectivity index (χ1v) is 6.84. The Balaban J connectivity index is 2.72. The van der Waals surface area contributed by atoms with Gasteiger partial charge in [0.25, 0.3) is 0 Å². The molecule has 1 heterocycles. The molecule has 0 aromatic carbocycles. The van der Waals surface area contributed by atoms with Crippen molar-refractivity contribution in [3.8, 4) is 0 Å². The van der Waals surface area contributed by atoms with E-state index in [1.165, 1.54) is 10.7 Å². The molecule has 0 fully saturated rings. The van der Waals surface area contributed by atoms with Crippen LogP contribution in [0.3, 0.4) is 0 Å². The molecule has 0 aliphatic heterocycles. The fourth-order valence-corrected chi connectivity index (χ4v) is 2.69. The number of hydrogen-bond acceptors (Lipinski definition) is 3. The van der Waals surface area contributed by atoms with Crippen molar-refractivity contribution in [2.24, 2.45) is 5.92 Å². The predicted octanol–water partition coefficient (Wildman–Crippen LogP) is 3.23. The molecule has 1 atom stereocenters. The van der Waals surface area contributed by atoms with E-state index >= 15 is 0 Å². The van der Waals surface area contributed by atoms with Gasteiger partial charge in [0.15, 0.2) is 0 Å². The number of rotatable bonds is 4. The van der Waals surface area contributed by atoms with Crippen molar-refractivity contribution < 1.29 is 0 Å². The Kier molecular flexibility index (Phi) is 4.51. The molecule has 0 aliphatic rings. The van der Waals surface area contributed by atoms with Crippen LogP contribution in [0.2, 0.25) is 0 Å². The molecule has 0 amide bonds. The summed E-state index contributed by atoms with van der Waals surface area (Å²) < 4.78 is 0. The van der Waals surface area contributed by atoms with Crippen LogP contribution in [0.4, 0.5) is 0 Å². The minimum absolute atomic E-state index is 0.168. The molecule has 0 saturated heterocycles. The first-order chi connectivity index (χ1) is 7.34. The van der Waals surface area contributed by atoms with Crippen LogP contribution in [0.25, 0.3) is 0 Å². The van der Waals surface area contributed by atoms with E-state index in [9.17, 15) is 0 Å². The second-order valence-electron chi connectivity index (χ2n) is 5.72. The number of thiazole rings is 1. The van der Waals surface area contributed by atoms with Gasteiger partial charge in [0.2, 0.25) is 0 Å². The molecular weight excluding hydrogens is 216 g/mol. The zero-order valence-corrected chi connectivity index (χ0v) is 12.1. The molecule has 0 bridgehead atoms. The maximum absolute atomic E-state index is 4.73. The molecule has 1 unspecified atom stereocenters. The van der Waals surface area contributed by atoms with Gasteiger partial charge in [-0.1, -0.05) is 34.6 Å². The largest absolute Gasteiger partial charge is 0.316 e. The smallest absolute Gasteiger partial charge is 0.0944 e. The maximum Gasteiger partial charge on any atom is 0.0944 e. The Morgan fingerprint density at radius 1 is 1.38 bits per heavy atom. The molecule has 1 aromatic heterocycles. The van der Waals surface area contributed by atoms with Crippen LogP contribution in [-0.2, 0) is 11.8 Å². The number of likely N-dealkylation sites (N-methyl/N-ethyl adjacent to an activating group) is 1. The molecule has 3 heteroatoms. The minimum atomic E-state index is 0.168. The summed E-state index contributed by atoms with van der Waals surface area (Å²) in [4.78, 5) is 4.73. The topological polar surface area (TPSA) is 24.9 Å². The quantitative estimate of drug-likeness (QED) is 0.874. The molecule has 2 nitrogen and oxygen atoms in total. The van der Waals surface area contributed by atoms with Crippen LogP contribution < -0.4 is 5.32 Å². The first-order valence-electron chi connectivity index (χ1n) is 5.96. The van der Waals surface area contributed by atoms with Gasteiger partial charge in [0, 0.05) is 23.3 Å². The van der Waals surface area contributed by atoms with E-state index in [1.807, 2.05) is 7.05 Å². The summed E-state index contributed by atoms with van der Waals surface area (Å²) in [6, 6.07) is 0.527. The SMILES string of the molecule is CNC(Cc1nc(C(C)(C)C)cs1)C(C)C. The van der Waals surface area contributed by atoms with Gasteiger partial charge < -0.3 is 5.32 Å². The van der Waals surface area contributed by atoms with Crippen molar-refractivity contribution in [3.63, 3.8) is 0 Å². The summed E-state index contributed by atoms with van der Waals surface area (Å²) in [5.74, 6) is 0.645. The number of hydrogen-bond donors (Lipinski definition) is 1. The normalized spacial score (nSPS) is 14.4. The third-order valence-corrected chi connectivity index (χ3v) is 3.76. The van der Waals surface area contributed by atoms with Crippen molar-refractivity contribution >= 4 is 11.3 Å². The number of nitrogens with zero attached hydrogens (tertiary/aromatic N) is 1. The number of aromatic nitrogens is 1. The fraction of sp³-hybridized carbons (Fsp3) is 0.769. The van der Waals surface area contributed by atoms with E-state index in [2.05, 4.69) is 45.3 Å². The first kappa shape index (κ1) is 13.7. The molecule has 0 spiro atoms. The Bertz CT molecular complexity index is 323. The summed E-state index contributed by atoms with van der Waals surface area (Å²) in [5.41, 5.74) is 1.38. The monoisotopic (exact) mass is 240 g/mol. The number of nitrogens with one attached hydrogen (secondary N) is 1. The van der Waals surface area contributed by atoms with Crippen molar-refractivity contribution in [2.75, 3.05) is 7.05 Å². The Labute approximate surface area is 103 Å². The lowest BCUT2D eigenvalue weighted by Gasteiger charge is -2.19. The van der Waals surface area contributed by atoms with Crippen LogP contribution in [0, 0.1) is 5.92 Å². The second kappa shape index (κ2) is 5.28. The van der Waals surface area contributed by atoms with Crippen LogP contribution in [0.15, 0.2) is 5.38 Å². The Morgan fingerprint density at radius 3 is 2.38 bits per heavy atom. The molecule has 16 heavy (non-hydrogen) atoms. The van der Waals surface area contributed by atoms with Gasteiger partial charge in [-0.2, -0.15) is 0 Å². The molecule has 0 radical (unpaired) electrons. The van der Waals surface area contributed by atoms with E-state index in [-0.39, 0.29) is 5.41 Å². The van der Waals surface area contributed by atoms with Crippen LogP contribution in [0.5, 0.6) is 0 Å². The van der Waals surface area contributed by atoms with Crippen LogP contribution >= 0.6 is 11.3 Å². The van der Waals surface area contributed by atoms with Crippen molar-refractivity contribution in [3.05, 3.63) is 16.1 Å². The third kappa shape index (κ3) is 3.56. The van der Waals surface area contributed by atoms with Crippen molar-refractivity contribution in [1.29, 1.82) is 0 Å². The van der Waals surface area contributed by atoms with E-state index in [0.29, 0.717) is 12.0 Å². The second-order valence-corrected chi connectivity index (χ2v) is 6.66. The van der Waals surface area contributed by atoms with Crippen LogP contribution in [0.1, 0.15) is 45.3 Å². The highest BCUT2D eigenvalue weighted by Crippen LogP contribution is 2.24. The average Bonchev–Trinajstić information content (AvgIpc) is 2.61. The lowest BCUT2D eigenvalue weighted by molar-refractivity contribution is 0.423. The molecule has 1 N–H and O–H groups in total. The standard InChI is InChI=1S/C13H24N2S/c1-9(2)10(14-6)7-12-15-11(8-16-12)13(3,4)5/h8-10,14H,7H2,1-6H3. The fourth-order valence-electron chi connectivity index (χ4n) is 1.61. The van der Waals surface area contributed by atoms with Crippen molar-refractivity contribution in [1.82, 2.24) is 10.3 Å². The van der Waals surface area contributed by atoms with E-state index in [1.54, 1.807) is 11.3 Å². The summed E-state index contributed by atoms with van der Waals surface area (Å²) in [6.45, 7) is 11.1. The molecular formula is C13H24N2S. The summed E-state index contributed by atoms with van der Waals surface area (Å²) in [5, 5.41) is 6.81. The zero-order chi connectivity index (χ0) is 12.3. The average molecular weight is 240 g/mol. The Hall–Kier alpha value is -0.410. The van der Waals surface area contributed by atoms with Gasteiger partial charge >= 0.3 is 0 Å². The molecule has 1 aromatic rings. The predicted molar refractivity (Wildman–Crippen MR) is 72.2 cm³/mol. The van der Waals surface area contributed by atoms with E-state index < -0.39 is 0 Å². The van der Waals surface area contributed by atoms with Gasteiger partial charge in [0.05, 0.1) is 10.7 Å². The van der Waals surface area contributed by atoms with Crippen molar-refractivity contribution in [2.45, 2.75) is 52.5 Å². The minimum Gasteiger partial charge on any atom is -0.316 e. The summed E-state index contributed by atoms with van der Waals surface area (Å²) in [7, 11) is 2.03. The van der Waals surface area contributed by atoms with Gasteiger partial charge in [0.1, 0.15) is 0 Å². The highest BCUT2D eigenvalue weighted by molar-refractivity contribution is 7.09. The van der Waals surface area contributed by atoms with Gasteiger partial charge in [-0.05, 0) is 13.0 Å². The molecule has 1 rings (SSSR count). The Morgan fingerprint density at radius 2 is 2.00 bits per heavy atom. The molecule has 0 aliphatic carbocycles. The highest BCUT2D eigenvalue weighted by atomic mass is 32.1. The highest BCUT2D eigenvalue weighted by Gasteiger charge is 2.19. The zero-order valence-electron chi connectivity index (χ0n) is 11.3. The molecule has 92 valence electrons. The summed E-state index contributed by atoms with van der Waals surface area (Å²) >= 11 is 1.79. The van der Waals surface area contributed by atoms with Gasteiger partial charge in [-0.3, -0.25) is 0 Å². The van der Waals surface area contributed by atoms with Crippen LogP contribution in [-0.4, -0.2) is 18.1 Å². The van der Waals surface area contributed by atoms with Gasteiger partial charge in [-0.25, -0.2) is 4.98 Å². The lowest BCUT2D eigenvalue weighted by Crippen LogP contribution is -2.32. The maximum atomic E-state index is 4.73. The van der Waals surface area contributed by atoms with E-state index in [4.69, 9.17) is 4.98 Å². The van der Waals surface area contributed by atoms with E-state index in [0.717, 1.165) is 6.42 Å². The lowest BCUT2D eigenvalue weighted by atomic mass is 9.93. The third-order valence-electron chi connectivity index (χ3n) is 2.89. The summed E-state index contributed by atoms with van der Waals surface area (Å²) in [6.07, 6.45) is 1.04. The molecule has 0 saturated carbocycles.